The number of rotatable bonds is 2. The monoisotopic (exact) mass is 372 g/mol. The number of hydrogen-bond donors (Lipinski definition) is 0. The topological polar surface area (TPSA) is 25.8 Å². The molecular weight excluding hydrogens is 366 g/mol. The van der Waals surface area contributed by atoms with Gasteiger partial charge in [-0.25, -0.2) is 14.4 Å². The molecule has 3 aromatic rings. The fourth-order valence-electron chi connectivity index (χ4n) is 1.89. The zero-order chi connectivity index (χ0) is 15.7. The van der Waals surface area contributed by atoms with Gasteiger partial charge in [-0.05, 0) is 24.3 Å². The van der Waals surface area contributed by atoms with Crippen molar-refractivity contribution in [3.8, 4) is 0 Å². The van der Waals surface area contributed by atoms with E-state index in [0.717, 1.165) is 5.39 Å². The van der Waals surface area contributed by atoms with Crippen LogP contribution in [0.15, 0.2) is 58.5 Å². The number of para-hydroxylation sites is 1. The van der Waals surface area contributed by atoms with Gasteiger partial charge in [0, 0.05) is 10.3 Å². The van der Waals surface area contributed by atoms with Crippen LogP contribution in [0.1, 0.15) is 5.82 Å². The Bertz CT molecular complexity index is 836. The molecule has 0 fully saturated rings. The maximum atomic E-state index is 13.3. The molecule has 0 N–H and O–H groups in total. The van der Waals surface area contributed by atoms with E-state index >= 15 is 0 Å². The van der Waals surface area contributed by atoms with Crippen LogP contribution in [0.2, 0.25) is 0 Å². The molecule has 0 radical (unpaired) electrons. The van der Waals surface area contributed by atoms with Crippen LogP contribution >= 0.6 is 46.6 Å². The Morgan fingerprint density at radius 1 is 0.955 bits per heavy atom. The summed E-state index contributed by atoms with van der Waals surface area (Å²) in [6, 6.07) is 13.6. The van der Waals surface area contributed by atoms with E-state index in [1.165, 1.54) is 23.9 Å². The summed E-state index contributed by atoms with van der Waals surface area (Å²) in [7, 11) is 0. The Morgan fingerprint density at radius 3 is 2.45 bits per heavy atom. The van der Waals surface area contributed by atoms with Crippen molar-refractivity contribution in [2.75, 3.05) is 0 Å². The third kappa shape index (κ3) is 3.46. The molecule has 0 saturated heterocycles. The smallest absolute Gasteiger partial charge is 0.228 e. The predicted molar refractivity (Wildman–Crippen MR) is 89.3 cm³/mol. The van der Waals surface area contributed by atoms with E-state index in [4.69, 9.17) is 34.8 Å². The second-order valence-electron chi connectivity index (χ2n) is 4.43. The average molecular weight is 374 g/mol. The fourth-order valence-corrected chi connectivity index (χ4v) is 3.10. The molecule has 3 rings (SSSR count). The highest BCUT2D eigenvalue weighted by molar-refractivity contribution is 7.99. The first-order valence-electron chi connectivity index (χ1n) is 6.21. The summed E-state index contributed by atoms with van der Waals surface area (Å²) in [5, 5.41) is 1.42. The van der Waals surface area contributed by atoms with Crippen LogP contribution in [-0.4, -0.2) is 9.97 Å². The predicted octanol–water partition coefficient (Wildman–Crippen LogP) is 5.75. The van der Waals surface area contributed by atoms with Crippen LogP contribution in [0, 0.1) is 5.82 Å². The van der Waals surface area contributed by atoms with Crippen LogP contribution in [0.4, 0.5) is 4.39 Å². The Balaban J connectivity index is 2.14. The zero-order valence-corrected chi connectivity index (χ0v) is 14.0. The van der Waals surface area contributed by atoms with Crippen molar-refractivity contribution in [2.24, 2.45) is 0 Å². The van der Waals surface area contributed by atoms with Gasteiger partial charge in [-0.1, -0.05) is 70.8 Å². The minimum absolute atomic E-state index is 0.0927. The third-order valence-electron chi connectivity index (χ3n) is 2.83. The van der Waals surface area contributed by atoms with E-state index in [0.29, 0.717) is 15.4 Å². The lowest BCUT2D eigenvalue weighted by Crippen LogP contribution is -2.08. The van der Waals surface area contributed by atoms with Crippen molar-refractivity contribution in [1.82, 2.24) is 9.97 Å². The summed E-state index contributed by atoms with van der Waals surface area (Å²) < 4.78 is 11.6. The molecule has 1 heterocycles. The van der Waals surface area contributed by atoms with Gasteiger partial charge in [0.05, 0.1) is 5.52 Å². The minimum atomic E-state index is -1.72. The molecule has 0 spiro atoms. The lowest BCUT2D eigenvalue weighted by Gasteiger charge is -2.13. The molecule has 7 heteroatoms. The van der Waals surface area contributed by atoms with Crippen molar-refractivity contribution in [1.29, 1.82) is 0 Å². The van der Waals surface area contributed by atoms with Crippen LogP contribution in [0.25, 0.3) is 10.9 Å². The van der Waals surface area contributed by atoms with Gasteiger partial charge in [0.1, 0.15) is 10.8 Å². The summed E-state index contributed by atoms with van der Waals surface area (Å²) in [4.78, 5) is 9.31. The van der Waals surface area contributed by atoms with E-state index in [2.05, 4.69) is 9.97 Å². The van der Waals surface area contributed by atoms with E-state index < -0.39 is 3.79 Å². The maximum Gasteiger partial charge on any atom is 0.250 e. The van der Waals surface area contributed by atoms with E-state index in [9.17, 15) is 4.39 Å². The van der Waals surface area contributed by atoms with Crippen LogP contribution < -0.4 is 0 Å². The number of alkyl halides is 3. The van der Waals surface area contributed by atoms with Gasteiger partial charge in [0.15, 0.2) is 5.82 Å². The van der Waals surface area contributed by atoms with Crippen LogP contribution in [-0.2, 0) is 3.79 Å². The summed E-state index contributed by atoms with van der Waals surface area (Å²) in [6.07, 6.45) is 0. The van der Waals surface area contributed by atoms with Gasteiger partial charge in [-0.3, -0.25) is 0 Å². The van der Waals surface area contributed by atoms with E-state index in [-0.39, 0.29) is 11.6 Å². The van der Waals surface area contributed by atoms with Gasteiger partial charge >= 0.3 is 0 Å². The molecule has 0 aliphatic carbocycles. The van der Waals surface area contributed by atoms with Crippen LogP contribution in [0.3, 0.4) is 0 Å². The Hall–Kier alpha value is -1.07. The van der Waals surface area contributed by atoms with Crippen LogP contribution in [0.5, 0.6) is 0 Å². The van der Waals surface area contributed by atoms with Gasteiger partial charge in [-0.15, -0.1) is 0 Å². The fraction of sp³-hybridized carbons (Fsp3) is 0.0667. The van der Waals surface area contributed by atoms with E-state index in [1.54, 1.807) is 12.1 Å². The third-order valence-corrected chi connectivity index (χ3v) is 4.33. The van der Waals surface area contributed by atoms with Gasteiger partial charge in [-0.2, -0.15) is 0 Å². The molecule has 0 amide bonds. The van der Waals surface area contributed by atoms with Crippen molar-refractivity contribution < 1.29 is 4.39 Å². The first-order valence-corrected chi connectivity index (χ1v) is 8.16. The summed E-state index contributed by atoms with van der Waals surface area (Å²) in [6.45, 7) is 0. The molecule has 1 aromatic heterocycles. The Kier molecular flexibility index (Phi) is 4.46. The standard InChI is InChI=1S/C15H8Cl3FN2S/c16-15(17,18)14-20-12-7-2-1-6-11(12)13(21-14)22-10-5-3-4-9(19)8-10/h1-8H. The van der Waals surface area contributed by atoms with Gasteiger partial charge < -0.3 is 0 Å². The van der Waals surface area contributed by atoms with Gasteiger partial charge in [0.2, 0.25) is 3.79 Å². The lowest BCUT2D eigenvalue weighted by atomic mass is 10.2. The molecule has 2 nitrogen and oxygen atoms in total. The van der Waals surface area contributed by atoms with Crippen molar-refractivity contribution in [3.63, 3.8) is 0 Å². The molecular formula is C15H8Cl3FN2S. The normalized spacial score (nSPS) is 11.8. The van der Waals surface area contributed by atoms with E-state index in [1.807, 2.05) is 24.3 Å². The zero-order valence-electron chi connectivity index (χ0n) is 10.9. The second-order valence-corrected chi connectivity index (χ2v) is 7.77. The Morgan fingerprint density at radius 2 is 1.73 bits per heavy atom. The number of fused-ring (bicyclic) bond motifs is 1. The largest absolute Gasteiger partial charge is 0.250 e. The molecule has 0 atom stereocenters. The second kappa shape index (κ2) is 6.20. The molecule has 0 unspecified atom stereocenters. The molecule has 0 aliphatic heterocycles. The summed E-state index contributed by atoms with van der Waals surface area (Å²) in [5.41, 5.74) is 0.665. The number of hydrogen-bond acceptors (Lipinski definition) is 3. The molecule has 112 valence electrons. The highest BCUT2D eigenvalue weighted by Crippen LogP contribution is 2.39. The summed E-state index contributed by atoms with van der Waals surface area (Å²) in [5.74, 6) is -0.222. The number of nitrogens with zero attached hydrogens (tertiary/aromatic N) is 2. The average Bonchev–Trinajstić information content (AvgIpc) is 2.46. The molecule has 0 aliphatic rings. The minimum Gasteiger partial charge on any atom is -0.228 e. The maximum absolute atomic E-state index is 13.3. The van der Waals surface area contributed by atoms with Crippen molar-refractivity contribution in [2.45, 2.75) is 13.7 Å². The number of halogens is 4. The lowest BCUT2D eigenvalue weighted by molar-refractivity contribution is 0.624. The molecule has 22 heavy (non-hydrogen) atoms. The SMILES string of the molecule is Fc1cccc(Sc2nc(C(Cl)(Cl)Cl)nc3ccccc23)c1. The van der Waals surface area contributed by atoms with Crippen molar-refractivity contribution >= 4 is 57.5 Å². The highest BCUT2D eigenvalue weighted by Gasteiger charge is 2.28. The van der Waals surface area contributed by atoms with Gasteiger partial charge in [0.25, 0.3) is 0 Å². The number of aromatic nitrogens is 2. The Labute approximate surface area is 145 Å². The molecule has 0 bridgehead atoms. The highest BCUT2D eigenvalue weighted by atomic mass is 35.6. The molecule has 0 saturated carbocycles. The van der Waals surface area contributed by atoms with Crippen molar-refractivity contribution in [3.05, 3.63) is 60.2 Å². The molecule has 2 aromatic carbocycles. The first-order chi connectivity index (χ1) is 10.4. The first kappa shape index (κ1) is 15.8. The quantitative estimate of drug-likeness (QED) is 0.423. The summed E-state index contributed by atoms with van der Waals surface area (Å²) >= 11 is 19.0. The number of benzene rings is 2.